The summed E-state index contributed by atoms with van der Waals surface area (Å²) in [5, 5.41) is 16.4. The Morgan fingerprint density at radius 1 is 1.55 bits per heavy atom. The van der Waals surface area contributed by atoms with E-state index in [4.69, 9.17) is 0 Å². The Kier molecular flexibility index (Phi) is 5.08. The molecule has 0 fully saturated rings. The number of hydrogen-bond acceptors (Lipinski definition) is 5. The molecule has 0 saturated carbocycles. The molecule has 7 heteroatoms. The topological polar surface area (TPSA) is 68.1 Å². The number of halogens is 1. The summed E-state index contributed by atoms with van der Waals surface area (Å²) in [5.74, 6) is 0. The molecule has 1 N–H and O–H groups in total. The van der Waals surface area contributed by atoms with Crippen molar-refractivity contribution in [2.45, 2.75) is 25.8 Å². The number of nitro groups is 1. The van der Waals surface area contributed by atoms with Crippen molar-refractivity contribution >= 4 is 38.6 Å². The van der Waals surface area contributed by atoms with Gasteiger partial charge < -0.3 is 5.32 Å². The maximum absolute atomic E-state index is 11.1. The predicted molar refractivity (Wildman–Crippen MR) is 84.2 cm³/mol. The zero-order valence-corrected chi connectivity index (χ0v) is 13.3. The minimum absolute atomic E-state index is 0.0166. The molecule has 2 heterocycles. The van der Waals surface area contributed by atoms with Crippen LogP contribution in [0.5, 0.6) is 0 Å². The van der Waals surface area contributed by atoms with Gasteiger partial charge in [-0.2, -0.15) is 0 Å². The zero-order valence-electron chi connectivity index (χ0n) is 10.9. The lowest BCUT2D eigenvalue weighted by Crippen LogP contribution is -2.11. The number of aromatic nitrogens is 1. The maximum Gasteiger partial charge on any atom is 0.311 e. The van der Waals surface area contributed by atoms with Crippen LogP contribution in [0, 0.1) is 10.1 Å². The van der Waals surface area contributed by atoms with Crippen molar-refractivity contribution in [1.82, 2.24) is 4.98 Å². The molecule has 1 unspecified atom stereocenters. The summed E-state index contributed by atoms with van der Waals surface area (Å²) in [6, 6.07) is 4.09. The second-order valence-corrected chi connectivity index (χ2v) is 6.11. The highest BCUT2D eigenvalue weighted by Gasteiger charge is 2.21. The SMILES string of the molecule is CCCC(Nc1c(Br)cncc1[N+](=O)[O-])c1cccs1. The smallest absolute Gasteiger partial charge is 0.311 e. The van der Waals surface area contributed by atoms with E-state index in [-0.39, 0.29) is 11.7 Å². The molecule has 2 aromatic rings. The van der Waals surface area contributed by atoms with E-state index in [0.29, 0.717) is 10.2 Å². The molecule has 2 rings (SSSR count). The first-order chi connectivity index (χ1) is 9.63. The Labute approximate surface area is 129 Å². The van der Waals surface area contributed by atoms with Crippen molar-refractivity contribution in [3.05, 3.63) is 49.4 Å². The van der Waals surface area contributed by atoms with Gasteiger partial charge in [-0.05, 0) is 33.8 Å². The van der Waals surface area contributed by atoms with Crippen LogP contribution in [0.15, 0.2) is 34.4 Å². The average molecular weight is 356 g/mol. The van der Waals surface area contributed by atoms with E-state index in [2.05, 4.69) is 33.2 Å². The van der Waals surface area contributed by atoms with Crippen molar-refractivity contribution in [2.24, 2.45) is 0 Å². The van der Waals surface area contributed by atoms with Gasteiger partial charge >= 0.3 is 5.69 Å². The first kappa shape index (κ1) is 14.9. The van der Waals surface area contributed by atoms with E-state index in [1.165, 1.54) is 11.1 Å². The van der Waals surface area contributed by atoms with Gasteiger partial charge in [-0.1, -0.05) is 19.4 Å². The van der Waals surface area contributed by atoms with Crippen LogP contribution in [0.1, 0.15) is 30.7 Å². The summed E-state index contributed by atoms with van der Waals surface area (Å²) in [6.07, 6.45) is 4.73. The predicted octanol–water partition coefficient (Wildman–Crippen LogP) is 4.77. The normalized spacial score (nSPS) is 12.1. The third-order valence-corrected chi connectivity index (χ3v) is 4.45. The third kappa shape index (κ3) is 3.34. The summed E-state index contributed by atoms with van der Waals surface area (Å²) < 4.78 is 0.601. The van der Waals surface area contributed by atoms with Crippen molar-refractivity contribution in [1.29, 1.82) is 0 Å². The van der Waals surface area contributed by atoms with E-state index in [9.17, 15) is 10.1 Å². The number of pyridine rings is 1. The lowest BCUT2D eigenvalue weighted by Gasteiger charge is -2.18. The van der Waals surface area contributed by atoms with E-state index >= 15 is 0 Å². The van der Waals surface area contributed by atoms with Gasteiger partial charge in [0.05, 0.1) is 15.4 Å². The number of nitrogens with one attached hydrogen (secondary N) is 1. The highest BCUT2D eigenvalue weighted by molar-refractivity contribution is 9.10. The number of thiophene rings is 1. The van der Waals surface area contributed by atoms with Gasteiger partial charge in [0.2, 0.25) is 0 Å². The lowest BCUT2D eigenvalue weighted by atomic mass is 10.1. The summed E-state index contributed by atoms with van der Waals surface area (Å²) in [4.78, 5) is 15.7. The summed E-state index contributed by atoms with van der Waals surface area (Å²) >= 11 is 4.98. The Bertz CT molecular complexity index is 589. The summed E-state index contributed by atoms with van der Waals surface area (Å²) in [6.45, 7) is 2.10. The van der Waals surface area contributed by atoms with Crippen LogP contribution in [0.25, 0.3) is 0 Å². The van der Waals surface area contributed by atoms with Crippen molar-refractivity contribution in [3.63, 3.8) is 0 Å². The van der Waals surface area contributed by atoms with Crippen LogP contribution in [0.3, 0.4) is 0 Å². The molecule has 0 amide bonds. The molecule has 2 aromatic heterocycles. The molecule has 0 aliphatic rings. The average Bonchev–Trinajstić information content (AvgIpc) is 2.93. The monoisotopic (exact) mass is 355 g/mol. The molecule has 5 nitrogen and oxygen atoms in total. The fourth-order valence-corrected chi connectivity index (χ4v) is 3.19. The Morgan fingerprint density at radius 2 is 2.35 bits per heavy atom. The zero-order chi connectivity index (χ0) is 14.5. The quantitative estimate of drug-likeness (QED) is 0.598. The van der Waals surface area contributed by atoms with E-state index in [1.807, 2.05) is 17.5 Å². The molecule has 0 aliphatic heterocycles. The van der Waals surface area contributed by atoms with E-state index in [0.717, 1.165) is 12.8 Å². The van der Waals surface area contributed by atoms with E-state index < -0.39 is 4.92 Å². The van der Waals surface area contributed by atoms with Gasteiger partial charge in [-0.3, -0.25) is 15.1 Å². The molecular weight excluding hydrogens is 342 g/mol. The number of hydrogen-bond donors (Lipinski definition) is 1. The second-order valence-electron chi connectivity index (χ2n) is 4.27. The fraction of sp³-hybridized carbons (Fsp3) is 0.308. The van der Waals surface area contributed by atoms with Crippen LogP contribution < -0.4 is 5.32 Å². The summed E-state index contributed by atoms with van der Waals surface area (Å²) in [5.41, 5.74) is 0.467. The minimum atomic E-state index is -0.419. The molecule has 0 aromatic carbocycles. The molecule has 0 saturated heterocycles. The van der Waals surface area contributed by atoms with Crippen LogP contribution in [0.2, 0.25) is 0 Å². The van der Waals surface area contributed by atoms with Gasteiger partial charge in [0.15, 0.2) is 0 Å². The van der Waals surface area contributed by atoms with Crippen molar-refractivity contribution in [3.8, 4) is 0 Å². The molecule has 1 atom stereocenters. The number of anilines is 1. The first-order valence-electron chi connectivity index (χ1n) is 6.21. The van der Waals surface area contributed by atoms with E-state index in [1.54, 1.807) is 17.5 Å². The Balaban J connectivity index is 2.34. The van der Waals surface area contributed by atoms with Crippen molar-refractivity contribution in [2.75, 3.05) is 5.32 Å². The third-order valence-electron chi connectivity index (χ3n) is 2.86. The Hall–Kier alpha value is -1.47. The summed E-state index contributed by atoms with van der Waals surface area (Å²) in [7, 11) is 0. The highest BCUT2D eigenvalue weighted by atomic mass is 79.9. The molecule has 0 aliphatic carbocycles. The molecule has 0 bridgehead atoms. The molecular formula is C13H14BrN3O2S. The van der Waals surface area contributed by atoms with Gasteiger partial charge in [0.1, 0.15) is 11.9 Å². The first-order valence-corrected chi connectivity index (χ1v) is 7.88. The maximum atomic E-state index is 11.1. The molecule has 20 heavy (non-hydrogen) atoms. The second kappa shape index (κ2) is 6.81. The molecule has 106 valence electrons. The van der Waals surface area contributed by atoms with Crippen LogP contribution in [-0.4, -0.2) is 9.91 Å². The lowest BCUT2D eigenvalue weighted by molar-refractivity contribution is -0.384. The number of nitrogens with zero attached hydrogens (tertiary/aromatic N) is 2. The van der Waals surface area contributed by atoms with Crippen LogP contribution >= 0.6 is 27.3 Å². The Morgan fingerprint density at radius 3 is 2.95 bits per heavy atom. The van der Waals surface area contributed by atoms with Crippen molar-refractivity contribution < 1.29 is 4.92 Å². The fourth-order valence-electron chi connectivity index (χ4n) is 1.94. The molecule has 0 radical (unpaired) electrons. The number of rotatable bonds is 6. The standard InChI is InChI=1S/C13H14BrN3O2S/c1-2-4-10(12-5-3-6-20-12)16-13-9(14)7-15-8-11(13)17(18)19/h3,5-8,10H,2,4H2,1H3,(H,15,16). The highest BCUT2D eigenvalue weighted by Crippen LogP contribution is 2.36. The minimum Gasteiger partial charge on any atom is -0.371 e. The van der Waals surface area contributed by atoms with Crippen LogP contribution in [0.4, 0.5) is 11.4 Å². The molecule has 0 spiro atoms. The van der Waals surface area contributed by atoms with Gasteiger partial charge in [-0.15, -0.1) is 11.3 Å². The van der Waals surface area contributed by atoms with Gasteiger partial charge in [-0.25, -0.2) is 0 Å². The van der Waals surface area contributed by atoms with Crippen LogP contribution in [-0.2, 0) is 0 Å². The van der Waals surface area contributed by atoms with Gasteiger partial charge in [0, 0.05) is 11.1 Å². The largest absolute Gasteiger partial charge is 0.371 e. The van der Waals surface area contributed by atoms with Gasteiger partial charge in [0.25, 0.3) is 0 Å².